The molecule has 16 heavy (non-hydrogen) atoms. The number of alkyl carbamates (subject to hydrolysis) is 1. The number of aromatic nitrogens is 2. The Bertz CT molecular complexity index is 372. The number of carbonyl (C=O) groups excluding carboxylic acids is 1. The summed E-state index contributed by atoms with van der Waals surface area (Å²) in [4.78, 5) is 19.3. The molecule has 0 bridgehead atoms. The molecule has 0 saturated heterocycles. The molecule has 5 heteroatoms. The van der Waals surface area contributed by atoms with Gasteiger partial charge in [-0.05, 0) is 33.8 Å². The van der Waals surface area contributed by atoms with Crippen LogP contribution in [0.25, 0.3) is 0 Å². The number of rotatable bonds is 2. The summed E-state index contributed by atoms with van der Waals surface area (Å²) in [5.41, 5.74) is 1.15. The summed E-state index contributed by atoms with van der Waals surface area (Å²) in [6.07, 6.45) is 1.03. The zero-order valence-corrected chi connectivity index (χ0v) is 10.1. The predicted octanol–water partition coefficient (Wildman–Crippen LogP) is 1.81. The van der Waals surface area contributed by atoms with Crippen molar-refractivity contribution in [2.24, 2.45) is 0 Å². The molecular weight excluding hydrogens is 206 g/mol. The van der Waals surface area contributed by atoms with Crippen molar-refractivity contribution in [3.63, 3.8) is 0 Å². The van der Waals surface area contributed by atoms with Crippen LogP contribution in [0.15, 0.2) is 12.4 Å². The first-order valence-electron chi connectivity index (χ1n) is 5.11. The molecule has 0 unspecified atom stereocenters. The lowest BCUT2D eigenvalue weighted by Gasteiger charge is -2.19. The fourth-order valence-electron chi connectivity index (χ4n) is 1.08. The lowest BCUT2D eigenvalue weighted by atomic mass is 10.2. The minimum Gasteiger partial charge on any atom is -0.444 e. The van der Waals surface area contributed by atoms with Gasteiger partial charge in [0.15, 0.2) is 0 Å². The van der Waals surface area contributed by atoms with E-state index in [1.807, 2.05) is 33.8 Å². The molecule has 5 nitrogen and oxygen atoms in total. The van der Waals surface area contributed by atoms with Gasteiger partial charge in [0, 0.05) is 5.69 Å². The maximum Gasteiger partial charge on any atom is 0.407 e. The summed E-state index contributed by atoms with van der Waals surface area (Å²) in [5.74, 6) is 0. The molecule has 1 amide bonds. The van der Waals surface area contributed by atoms with Gasteiger partial charge in [0.2, 0.25) is 0 Å². The van der Waals surface area contributed by atoms with Crippen LogP contribution in [-0.2, 0) is 11.3 Å². The average molecular weight is 223 g/mol. The van der Waals surface area contributed by atoms with Gasteiger partial charge < -0.3 is 10.1 Å². The van der Waals surface area contributed by atoms with Crippen LogP contribution in [0.1, 0.15) is 32.2 Å². The molecule has 1 aromatic rings. The van der Waals surface area contributed by atoms with Crippen LogP contribution in [0.2, 0.25) is 0 Å². The van der Waals surface area contributed by atoms with Gasteiger partial charge in [-0.25, -0.2) is 14.8 Å². The van der Waals surface area contributed by atoms with Crippen LogP contribution < -0.4 is 5.32 Å². The highest BCUT2D eigenvalue weighted by atomic mass is 16.6. The van der Waals surface area contributed by atoms with Crippen molar-refractivity contribution in [1.82, 2.24) is 15.3 Å². The SMILES string of the molecule is Cc1cc(CNC(=O)OC(C)(C)C)ncn1. The molecule has 0 aliphatic heterocycles. The second-order valence-corrected chi connectivity index (χ2v) is 4.51. The number of amides is 1. The third-order valence-corrected chi connectivity index (χ3v) is 1.67. The molecule has 0 aliphatic rings. The molecule has 0 atom stereocenters. The van der Waals surface area contributed by atoms with E-state index in [2.05, 4.69) is 15.3 Å². The van der Waals surface area contributed by atoms with E-state index < -0.39 is 11.7 Å². The Morgan fingerprint density at radius 1 is 1.44 bits per heavy atom. The number of hydrogen-bond acceptors (Lipinski definition) is 4. The van der Waals surface area contributed by atoms with E-state index in [1.165, 1.54) is 6.33 Å². The molecule has 0 spiro atoms. The van der Waals surface area contributed by atoms with E-state index in [0.717, 1.165) is 11.4 Å². The smallest absolute Gasteiger partial charge is 0.407 e. The third kappa shape index (κ3) is 4.72. The van der Waals surface area contributed by atoms with Crippen molar-refractivity contribution in [1.29, 1.82) is 0 Å². The van der Waals surface area contributed by atoms with Gasteiger partial charge in [-0.3, -0.25) is 0 Å². The van der Waals surface area contributed by atoms with Crippen LogP contribution in [0.5, 0.6) is 0 Å². The van der Waals surface area contributed by atoms with Crippen molar-refractivity contribution in [2.45, 2.75) is 39.8 Å². The van der Waals surface area contributed by atoms with Gasteiger partial charge in [-0.15, -0.1) is 0 Å². The maximum absolute atomic E-state index is 11.3. The fraction of sp³-hybridized carbons (Fsp3) is 0.545. The second kappa shape index (κ2) is 4.92. The second-order valence-electron chi connectivity index (χ2n) is 4.51. The quantitative estimate of drug-likeness (QED) is 0.830. The normalized spacial score (nSPS) is 11.0. The Hall–Kier alpha value is -1.65. The monoisotopic (exact) mass is 223 g/mol. The molecule has 0 fully saturated rings. The van der Waals surface area contributed by atoms with Gasteiger partial charge >= 0.3 is 6.09 Å². The number of nitrogens with zero attached hydrogens (tertiary/aromatic N) is 2. The first kappa shape index (κ1) is 12.4. The zero-order valence-electron chi connectivity index (χ0n) is 10.1. The molecule has 88 valence electrons. The molecule has 1 heterocycles. The summed E-state index contributed by atoms with van der Waals surface area (Å²) >= 11 is 0. The van der Waals surface area contributed by atoms with Crippen molar-refractivity contribution >= 4 is 6.09 Å². The van der Waals surface area contributed by atoms with Crippen LogP contribution in [0.3, 0.4) is 0 Å². The Labute approximate surface area is 95.3 Å². The molecular formula is C11H17N3O2. The average Bonchev–Trinajstić information content (AvgIpc) is 2.12. The van der Waals surface area contributed by atoms with Crippen LogP contribution >= 0.6 is 0 Å². The van der Waals surface area contributed by atoms with Crippen molar-refractivity contribution in [3.8, 4) is 0 Å². The standard InChI is InChI=1S/C11H17N3O2/c1-8-5-9(14-7-13-8)6-12-10(15)16-11(2,3)4/h5,7H,6H2,1-4H3,(H,12,15). The molecule has 1 rings (SSSR count). The van der Waals surface area contributed by atoms with E-state index in [-0.39, 0.29) is 0 Å². The third-order valence-electron chi connectivity index (χ3n) is 1.67. The zero-order chi connectivity index (χ0) is 12.2. The van der Waals surface area contributed by atoms with Gasteiger partial charge in [0.25, 0.3) is 0 Å². The molecule has 0 aliphatic carbocycles. The van der Waals surface area contributed by atoms with E-state index in [4.69, 9.17) is 4.74 Å². The van der Waals surface area contributed by atoms with Crippen molar-refractivity contribution < 1.29 is 9.53 Å². The Kier molecular flexibility index (Phi) is 3.82. The first-order valence-corrected chi connectivity index (χ1v) is 5.11. The molecule has 1 aromatic heterocycles. The highest BCUT2D eigenvalue weighted by molar-refractivity contribution is 5.67. The van der Waals surface area contributed by atoms with E-state index in [9.17, 15) is 4.79 Å². The molecule has 0 saturated carbocycles. The Balaban J connectivity index is 2.43. The summed E-state index contributed by atoms with van der Waals surface area (Å²) in [6.45, 7) is 7.68. The summed E-state index contributed by atoms with van der Waals surface area (Å²) < 4.78 is 5.10. The van der Waals surface area contributed by atoms with E-state index in [1.54, 1.807) is 0 Å². The molecule has 1 N–H and O–H groups in total. The highest BCUT2D eigenvalue weighted by Gasteiger charge is 2.15. The summed E-state index contributed by atoms with van der Waals surface area (Å²) in [7, 11) is 0. The molecule has 0 aromatic carbocycles. The van der Waals surface area contributed by atoms with Crippen LogP contribution in [0.4, 0.5) is 4.79 Å². The lowest BCUT2D eigenvalue weighted by Crippen LogP contribution is -2.32. The fourth-order valence-corrected chi connectivity index (χ4v) is 1.08. The number of nitrogens with one attached hydrogen (secondary N) is 1. The Morgan fingerprint density at radius 2 is 2.12 bits per heavy atom. The van der Waals surface area contributed by atoms with E-state index >= 15 is 0 Å². The topological polar surface area (TPSA) is 64.1 Å². The number of carbonyl (C=O) groups is 1. The van der Waals surface area contributed by atoms with Gasteiger partial charge in [-0.2, -0.15) is 0 Å². The van der Waals surface area contributed by atoms with Gasteiger partial charge in [0.05, 0.1) is 12.2 Å². The Morgan fingerprint density at radius 3 is 2.69 bits per heavy atom. The summed E-state index contributed by atoms with van der Waals surface area (Å²) in [5, 5.41) is 2.63. The summed E-state index contributed by atoms with van der Waals surface area (Å²) in [6, 6.07) is 1.82. The molecule has 0 radical (unpaired) electrons. The lowest BCUT2D eigenvalue weighted by molar-refractivity contribution is 0.0523. The number of hydrogen-bond donors (Lipinski definition) is 1. The van der Waals surface area contributed by atoms with Crippen LogP contribution in [0, 0.1) is 6.92 Å². The minimum atomic E-state index is -0.480. The maximum atomic E-state index is 11.3. The predicted molar refractivity (Wildman–Crippen MR) is 59.8 cm³/mol. The van der Waals surface area contributed by atoms with Gasteiger partial charge in [-0.1, -0.05) is 0 Å². The minimum absolute atomic E-state index is 0.346. The number of ether oxygens (including phenoxy) is 1. The van der Waals surface area contributed by atoms with Crippen molar-refractivity contribution in [3.05, 3.63) is 23.8 Å². The largest absolute Gasteiger partial charge is 0.444 e. The van der Waals surface area contributed by atoms with Crippen LogP contribution in [-0.4, -0.2) is 21.7 Å². The van der Waals surface area contributed by atoms with Crippen molar-refractivity contribution in [2.75, 3.05) is 0 Å². The van der Waals surface area contributed by atoms with E-state index in [0.29, 0.717) is 6.54 Å². The first-order chi connectivity index (χ1) is 7.37. The van der Waals surface area contributed by atoms with Gasteiger partial charge in [0.1, 0.15) is 11.9 Å². The highest BCUT2D eigenvalue weighted by Crippen LogP contribution is 2.06. The number of aryl methyl sites for hydroxylation is 1.